The van der Waals surface area contributed by atoms with Crippen LogP contribution in [-0.4, -0.2) is 28.6 Å². The minimum absolute atomic E-state index is 0.262. The minimum Gasteiger partial charge on any atom is -0.467 e. The molecule has 0 saturated carbocycles. The Morgan fingerprint density at radius 2 is 1.88 bits per heavy atom. The summed E-state index contributed by atoms with van der Waals surface area (Å²) in [6.45, 7) is 6.35. The summed E-state index contributed by atoms with van der Waals surface area (Å²) in [6.07, 6.45) is 6.14. The fourth-order valence-corrected chi connectivity index (χ4v) is 2.61. The maximum absolute atomic E-state index is 10.4. The second-order valence-electron chi connectivity index (χ2n) is 5.47. The zero-order valence-electron chi connectivity index (χ0n) is 10.9. The highest BCUT2D eigenvalue weighted by molar-refractivity contribution is 5.08. The number of nitrogens with zero attached hydrogens (tertiary/aromatic N) is 1. The molecule has 3 heteroatoms. The summed E-state index contributed by atoms with van der Waals surface area (Å²) in [7, 11) is 0. The van der Waals surface area contributed by atoms with Crippen molar-refractivity contribution < 1.29 is 9.52 Å². The molecule has 1 aliphatic rings. The summed E-state index contributed by atoms with van der Waals surface area (Å²) in [4.78, 5) is 2.40. The van der Waals surface area contributed by atoms with Crippen molar-refractivity contribution in [2.24, 2.45) is 0 Å². The highest BCUT2D eigenvalue weighted by atomic mass is 16.4. The van der Waals surface area contributed by atoms with Crippen molar-refractivity contribution in [1.29, 1.82) is 0 Å². The molecule has 1 saturated heterocycles. The van der Waals surface area contributed by atoms with E-state index in [2.05, 4.69) is 18.7 Å². The van der Waals surface area contributed by atoms with Crippen molar-refractivity contribution >= 4 is 0 Å². The monoisotopic (exact) mass is 237 g/mol. The normalized spacial score (nSPS) is 21.1. The number of aliphatic hydroxyl groups is 1. The maximum atomic E-state index is 10.4. The smallest absolute Gasteiger partial charge is 0.134 e. The van der Waals surface area contributed by atoms with Crippen molar-refractivity contribution in [3.05, 3.63) is 24.2 Å². The van der Waals surface area contributed by atoms with E-state index < -0.39 is 6.10 Å². The number of hydrogen-bond acceptors (Lipinski definition) is 3. The van der Waals surface area contributed by atoms with E-state index in [1.54, 1.807) is 6.26 Å². The molecule has 1 atom stereocenters. The first-order chi connectivity index (χ1) is 8.12. The second kappa shape index (κ2) is 5.23. The van der Waals surface area contributed by atoms with Crippen molar-refractivity contribution in [2.75, 3.05) is 13.1 Å². The summed E-state index contributed by atoms with van der Waals surface area (Å²) in [5.74, 6) is 0.666. The SMILES string of the molecule is CC(C)(C(O)c1ccco1)N1CCCCCC1. The van der Waals surface area contributed by atoms with Crippen molar-refractivity contribution in [2.45, 2.75) is 51.2 Å². The Labute approximate surface area is 103 Å². The van der Waals surface area contributed by atoms with Crippen molar-refractivity contribution in [3.8, 4) is 0 Å². The third-order valence-electron chi connectivity index (χ3n) is 3.90. The average Bonchev–Trinajstić information content (AvgIpc) is 2.69. The van der Waals surface area contributed by atoms with Gasteiger partial charge in [-0.15, -0.1) is 0 Å². The molecule has 0 spiro atoms. The number of aliphatic hydroxyl groups excluding tert-OH is 1. The van der Waals surface area contributed by atoms with E-state index in [1.807, 2.05) is 12.1 Å². The number of likely N-dealkylation sites (tertiary alicyclic amines) is 1. The molecule has 2 rings (SSSR count). The third kappa shape index (κ3) is 2.72. The standard InChI is InChI=1S/C14H23NO2/c1-14(2,13(16)12-8-7-11-17-12)15-9-5-3-4-6-10-15/h7-8,11,13,16H,3-6,9-10H2,1-2H3. The average molecular weight is 237 g/mol. The van der Waals surface area contributed by atoms with Crippen LogP contribution in [0.15, 0.2) is 22.8 Å². The van der Waals surface area contributed by atoms with Crippen LogP contribution in [0.1, 0.15) is 51.4 Å². The van der Waals surface area contributed by atoms with Gasteiger partial charge in [-0.2, -0.15) is 0 Å². The van der Waals surface area contributed by atoms with Gasteiger partial charge in [-0.1, -0.05) is 12.8 Å². The van der Waals surface area contributed by atoms with Crippen LogP contribution in [0, 0.1) is 0 Å². The van der Waals surface area contributed by atoms with Gasteiger partial charge in [-0.25, -0.2) is 0 Å². The lowest BCUT2D eigenvalue weighted by Gasteiger charge is -2.40. The van der Waals surface area contributed by atoms with Gasteiger partial charge in [0.25, 0.3) is 0 Å². The molecule has 1 aliphatic heterocycles. The van der Waals surface area contributed by atoms with Gasteiger partial charge >= 0.3 is 0 Å². The van der Waals surface area contributed by atoms with Gasteiger partial charge in [-0.05, 0) is 51.9 Å². The summed E-state index contributed by atoms with van der Waals surface area (Å²) in [5, 5.41) is 10.4. The molecule has 0 aromatic carbocycles. The van der Waals surface area contributed by atoms with Crippen LogP contribution in [0.25, 0.3) is 0 Å². The lowest BCUT2D eigenvalue weighted by molar-refractivity contribution is -0.0213. The molecule has 0 aliphatic carbocycles. The predicted octanol–water partition coefficient (Wildman–Crippen LogP) is 2.97. The quantitative estimate of drug-likeness (QED) is 0.878. The zero-order chi connectivity index (χ0) is 12.3. The largest absolute Gasteiger partial charge is 0.467 e. The minimum atomic E-state index is -0.560. The molecule has 0 radical (unpaired) electrons. The summed E-state index contributed by atoms with van der Waals surface area (Å²) in [5.41, 5.74) is -0.262. The van der Waals surface area contributed by atoms with Crippen LogP contribution in [0.2, 0.25) is 0 Å². The Bertz CT molecular complexity index is 324. The van der Waals surface area contributed by atoms with E-state index in [4.69, 9.17) is 4.42 Å². The van der Waals surface area contributed by atoms with Gasteiger partial charge < -0.3 is 9.52 Å². The van der Waals surface area contributed by atoms with E-state index in [0.29, 0.717) is 5.76 Å². The molecule has 1 aromatic rings. The number of furan rings is 1. The molecule has 0 bridgehead atoms. The van der Waals surface area contributed by atoms with E-state index in [-0.39, 0.29) is 5.54 Å². The highest BCUT2D eigenvalue weighted by Crippen LogP contribution is 2.32. The Morgan fingerprint density at radius 1 is 1.24 bits per heavy atom. The van der Waals surface area contributed by atoms with Gasteiger partial charge in [0.15, 0.2) is 0 Å². The lowest BCUT2D eigenvalue weighted by Crippen LogP contribution is -2.48. The van der Waals surface area contributed by atoms with Crippen LogP contribution >= 0.6 is 0 Å². The van der Waals surface area contributed by atoms with Crippen LogP contribution < -0.4 is 0 Å². The van der Waals surface area contributed by atoms with E-state index >= 15 is 0 Å². The third-order valence-corrected chi connectivity index (χ3v) is 3.90. The van der Waals surface area contributed by atoms with Crippen molar-refractivity contribution in [3.63, 3.8) is 0 Å². The zero-order valence-corrected chi connectivity index (χ0v) is 10.9. The first kappa shape index (κ1) is 12.7. The van der Waals surface area contributed by atoms with Crippen LogP contribution in [0.3, 0.4) is 0 Å². The van der Waals surface area contributed by atoms with Gasteiger partial charge in [0.05, 0.1) is 6.26 Å². The molecular formula is C14H23NO2. The van der Waals surface area contributed by atoms with Gasteiger partial charge in [0, 0.05) is 5.54 Å². The Morgan fingerprint density at radius 3 is 2.41 bits per heavy atom. The topological polar surface area (TPSA) is 36.6 Å². The number of hydrogen-bond donors (Lipinski definition) is 1. The molecule has 17 heavy (non-hydrogen) atoms. The fraction of sp³-hybridized carbons (Fsp3) is 0.714. The highest BCUT2D eigenvalue weighted by Gasteiger charge is 2.36. The molecule has 3 nitrogen and oxygen atoms in total. The van der Waals surface area contributed by atoms with Crippen molar-refractivity contribution in [1.82, 2.24) is 4.90 Å². The number of rotatable bonds is 3. The van der Waals surface area contributed by atoms with Gasteiger partial charge in [-0.3, -0.25) is 4.90 Å². The van der Waals surface area contributed by atoms with Gasteiger partial charge in [0.1, 0.15) is 11.9 Å². The Balaban J connectivity index is 2.10. The predicted molar refractivity (Wildman–Crippen MR) is 67.8 cm³/mol. The molecule has 1 N–H and O–H groups in total. The second-order valence-corrected chi connectivity index (χ2v) is 5.47. The van der Waals surface area contributed by atoms with E-state index in [0.717, 1.165) is 13.1 Å². The van der Waals surface area contributed by atoms with E-state index in [9.17, 15) is 5.11 Å². The first-order valence-electron chi connectivity index (χ1n) is 6.59. The van der Waals surface area contributed by atoms with E-state index in [1.165, 1.54) is 25.7 Å². The molecule has 1 aromatic heterocycles. The van der Waals surface area contributed by atoms with Crippen LogP contribution in [-0.2, 0) is 0 Å². The molecular weight excluding hydrogens is 214 g/mol. The Hall–Kier alpha value is -0.800. The van der Waals surface area contributed by atoms with Gasteiger partial charge in [0.2, 0.25) is 0 Å². The maximum Gasteiger partial charge on any atom is 0.134 e. The Kier molecular flexibility index (Phi) is 3.89. The molecule has 96 valence electrons. The molecule has 1 fully saturated rings. The molecule has 1 unspecified atom stereocenters. The summed E-state index contributed by atoms with van der Waals surface area (Å²) >= 11 is 0. The van der Waals surface area contributed by atoms with Crippen LogP contribution in [0.5, 0.6) is 0 Å². The summed E-state index contributed by atoms with van der Waals surface area (Å²) in [6, 6.07) is 3.68. The van der Waals surface area contributed by atoms with Crippen LogP contribution in [0.4, 0.5) is 0 Å². The fourth-order valence-electron chi connectivity index (χ4n) is 2.61. The molecule has 0 amide bonds. The first-order valence-corrected chi connectivity index (χ1v) is 6.59. The molecule has 2 heterocycles. The summed E-state index contributed by atoms with van der Waals surface area (Å²) < 4.78 is 5.33. The lowest BCUT2D eigenvalue weighted by atomic mass is 9.92.